The first-order valence-corrected chi connectivity index (χ1v) is 5.56. The molecule has 9 heteroatoms. The Morgan fingerprint density at radius 3 is 1.76 bits per heavy atom. The molecule has 3 N–H and O–H groups in total. The summed E-state index contributed by atoms with van der Waals surface area (Å²) in [6.45, 7) is 0. The van der Waals surface area contributed by atoms with Gasteiger partial charge in [-0.25, -0.2) is 0 Å². The second kappa shape index (κ2) is 7.58. The number of benzene rings is 1. The summed E-state index contributed by atoms with van der Waals surface area (Å²) in [5.41, 5.74) is 5.46. The Labute approximate surface area is 126 Å². The molecule has 21 heavy (non-hydrogen) atoms. The zero-order valence-corrected chi connectivity index (χ0v) is 12.4. The minimum absolute atomic E-state index is 0. The van der Waals surface area contributed by atoms with E-state index in [9.17, 15) is 18.3 Å². The Balaban J connectivity index is 0.00000400. The lowest BCUT2D eigenvalue weighted by Gasteiger charge is -2.23. The van der Waals surface area contributed by atoms with E-state index in [0.29, 0.717) is 0 Å². The lowest BCUT2D eigenvalue weighted by atomic mass is 10.0. The lowest BCUT2D eigenvalue weighted by Crippen LogP contribution is -2.38. The summed E-state index contributed by atoms with van der Waals surface area (Å²) in [5, 5.41) is 9.20. The Bertz CT molecular complexity index is 445. The van der Waals surface area contributed by atoms with Crippen molar-refractivity contribution in [1.82, 2.24) is 0 Å². The second-order valence-corrected chi connectivity index (χ2v) is 3.97. The van der Waals surface area contributed by atoms with Gasteiger partial charge < -0.3 is 25.1 Å². The summed E-state index contributed by atoms with van der Waals surface area (Å²) in [6.07, 6.45) is -7.51. The van der Waals surface area contributed by atoms with E-state index in [0.717, 1.165) is 0 Å². The number of ether oxygens (including phenoxy) is 3. The molecule has 0 spiro atoms. The largest absolute Gasteiger partial charge is 0.493 e. The monoisotopic (exact) mass is 331 g/mol. The minimum atomic E-state index is -4.82. The highest BCUT2D eigenvalue weighted by molar-refractivity contribution is 5.85. The van der Waals surface area contributed by atoms with Crippen LogP contribution in [-0.2, 0) is 0 Å². The van der Waals surface area contributed by atoms with Crippen LogP contribution in [0.4, 0.5) is 13.2 Å². The predicted octanol–water partition coefficient (Wildman–Crippen LogP) is 2.06. The molecule has 0 fully saturated rings. The van der Waals surface area contributed by atoms with Gasteiger partial charge in [0.2, 0.25) is 5.75 Å². The van der Waals surface area contributed by atoms with E-state index in [1.165, 1.54) is 33.5 Å². The van der Waals surface area contributed by atoms with Gasteiger partial charge in [-0.05, 0) is 17.7 Å². The Morgan fingerprint density at radius 1 is 1.05 bits per heavy atom. The molecule has 0 aliphatic carbocycles. The Morgan fingerprint density at radius 2 is 1.48 bits per heavy atom. The number of halogens is 4. The molecule has 0 radical (unpaired) electrons. The van der Waals surface area contributed by atoms with Crippen LogP contribution in [0.15, 0.2) is 12.1 Å². The summed E-state index contributed by atoms with van der Waals surface area (Å²) in [7, 11) is 4.02. The van der Waals surface area contributed by atoms with E-state index in [-0.39, 0.29) is 35.2 Å². The highest BCUT2D eigenvalue weighted by atomic mass is 35.5. The van der Waals surface area contributed by atoms with Gasteiger partial charge in [-0.15, -0.1) is 12.4 Å². The maximum Gasteiger partial charge on any atom is 0.416 e. The van der Waals surface area contributed by atoms with Crippen molar-refractivity contribution in [3.8, 4) is 17.2 Å². The van der Waals surface area contributed by atoms with Crippen LogP contribution in [-0.4, -0.2) is 38.7 Å². The quantitative estimate of drug-likeness (QED) is 0.864. The van der Waals surface area contributed by atoms with Gasteiger partial charge in [0.15, 0.2) is 17.6 Å². The summed E-state index contributed by atoms with van der Waals surface area (Å²) in [4.78, 5) is 0. The molecule has 0 unspecified atom stereocenters. The number of rotatable bonds is 5. The molecule has 0 aromatic heterocycles. The number of alkyl halides is 3. The number of aliphatic hydroxyl groups is 1. The van der Waals surface area contributed by atoms with Gasteiger partial charge >= 0.3 is 6.18 Å². The van der Waals surface area contributed by atoms with Crippen molar-refractivity contribution in [2.24, 2.45) is 5.73 Å². The fraction of sp³-hybridized carbons (Fsp3) is 0.500. The number of hydrogen-bond donors (Lipinski definition) is 2. The molecule has 1 aromatic rings. The fourth-order valence-electron chi connectivity index (χ4n) is 1.68. The van der Waals surface area contributed by atoms with Crippen LogP contribution in [0.25, 0.3) is 0 Å². The summed E-state index contributed by atoms with van der Waals surface area (Å²) in [5.74, 6) is 0.547. The number of hydrogen-bond acceptors (Lipinski definition) is 5. The van der Waals surface area contributed by atoms with E-state index in [1.807, 2.05) is 0 Å². The molecular weight excluding hydrogens is 315 g/mol. The molecule has 0 saturated carbocycles. The van der Waals surface area contributed by atoms with Crippen LogP contribution in [0.3, 0.4) is 0 Å². The second-order valence-electron chi connectivity index (χ2n) is 3.97. The van der Waals surface area contributed by atoms with Crippen molar-refractivity contribution < 1.29 is 32.5 Å². The Hall–Kier alpha value is -1.38. The molecule has 122 valence electrons. The summed E-state index contributed by atoms with van der Waals surface area (Å²) in [6, 6.07) is 0.866. The Kier molecular flexibility index (Phi) is 7.08. The number of methoxy groups -OCH3 is 3. The molecule has 1 aromatic carbocycles. The van der Waals surface area contributed by atoms with Crippen LogP contribution >= 0.6 is 12.4 Å². The minimum Gasteiger partial charge on any atom is -0.493 e. The highest BCUT2D eigenvalue weighted by Gasteiger charge is 2.43. The molecule has 0 bridgehead atoms. The van der Waals surface area contributed by atoms with Crippen LogP contribution in [0.5, 0.6) is 17.2 Å². The zero-order valence-electron chi connectivity index (χ0n) is 11.6. The van der Waals surface area contributed by atoms with Gasteiger partial charge in [-0.1, -0.05) is 0 Å². The molecule has 0 heterocycles. The summed E-state index contributed by atoms with van der Waals surface area (Å²) >= 11 is 0. The van der Waals surface area contributed by atoms with E-state index in [2.05, 4.69) is 0 Å². The molecule has 5 nitrogen and oxygen atoms in total. The molecule has 1 rings (SSSR count). The average Bonchev–Trinajstić information content (AvgIpc) is 2.42. The third-order valence-electron chi connectivity index (χ3n) is 2.75. The SMILES string of the molecule is COc1cc([C@H](N)[C@H](O)C(F)(F)F)cc(OC)c1OC.Cl. The topological polar surface area (TPSA) is 73.9 Å². The van der Waals surface area contributed by atoms with Crippen LogP contribution < -0.4 is 19.9 Å². The van der Waals surface area contributed by atoms with Gasteiger partial charge in [-0.2, -0.15) is 13.2 Å². The van der Waals surface area contributed by atoms with Gasteiger partial charge in [-0.3, -0.25) is 0 Å². The third kappa shape index (κ3) is 4.29. The van der Waals surface area contributed by atoms with Gasteiger partial charge in [0, 0.05) is 0 Å². The van der Waals surface area contributed by atoms with Crippen molar-refractivity contribution in [3.05, 3.63) is 17.7 Å². The number of nitrogens with two attached hydrogens (primary N) is 1. The third-order valence-corrected chi connectivity index (χ3v) is 2.75. The van der Waals surface area contributed by atoms with Crippen LogP contribution in [0, 0.1) is 0 Å². The van der Waals surface area contributed by atoms with Gasteiger partial charge in [0.05, 0.1) is 27.4 Å². The molecule has 0 amide bonds. The van der Waals surface area contributed by atoms with Crippen molar-refractivity contribution in [2.75, 3.05) is 21.3 Å². The normalized spacial score (nSPS) is 13.9. The molecule has 0 saturated heterocycles. The van der Waals surface area contributed by atoms with E-state index in [4.69, 9.17) is 19.9 Å². The van der Waals surface area contributed by atoms with Gasteiger partial charge in [0.25, 0.3) is 0 Å². The summed E-state index contributed by atoms with van der Waals surface area (Å²) < 4.78 is 52.5. The first-order chi connectivity index (χ1) is 9.26. The number of aliphatic hydroxyl groups excluding tert-OH is 1. The average molecular weight is 332 g/mol. The highest BCUT2D eigenvalue weighted by Crippen LogP contribution is 2.40. The molecule has 2 atom stereocenters. The van der Waals surface area contributed by atoms with Crippen molar-refractivity contribution >= 4 is 12.4 Å². The zero-order chi connectivity index (χ0) is 15.5. The van der Waals surface area contributed by atoms with Crippen molar-refractivity contribution in [1.29, 1.82) is 0 Å². The van der Waals surface area contributed by atoms with Crippen LogP contribution in [0.1, 0.15) is 11.6 Å². The molecule has 0 aliphatic heterocycles. The van der Waals surface area contributed by atoms with Gasteiger partial charge in [0.1, 0.15) is 0 Å². The first-order valence-electron chi connectivity index (χ1n) is 5.56. The van der Waals surface area contributed by atoms with E-state index in [1.54, 1.807) is 0 Å². The maximum absolute atomic E-state index is 12.5. The lowest BCUT2D eigenvalue weighted by molar-refractivity contribution is -0.210. The smallest absolute Gasteiger partial charge is 0.416 e. The van der Waals surface area contributed by atoms with E-state index >= 15 is 0 Å². The predicted molar refractivity (Wildman–Crippen MR) is 72.3 cm³/mol. The standard InChI is InChI=1S/C12H16F3NO4.ClH/c1-18-7-4-6(5-8(19-2)10(7)20-3)9(16)11(17)12(13,14)15;/h4-5,9,11,17H,16H2,1-3H3;1H/t9-,11-;/m0./s1. The fourth-order valence-corrected chi connectivity index (χ4v) is 1.68. The van der Waals surface area contributed by atoms with Crippen LogP contribution in [0.2, 0.25) is 0 Å². The van der Waals surface area contributed by atoms with Crippen molar-refractivity contribution in [3.63, 3.8) is 0 Å². The molecule has 0 aliphatic rings. The first kappa shape index (κ1) is 19.6. The molecular formula is C12H17ClF3NO4. The van der Waals surface area contributed by atoms with E-state index < -0.39 is 18.3 Å². The van der Waals surface area contributed by atoms with Crippen molar-refractivity contribution in [2.45, 2.75) is 18.3 Å². The maximum atomic E-state index is 12.5.